The first-order valence-electron chi connectivity index (χ1n) is 8.17. The summed E-state index contributed by atoms with van der Waals surface area (Å²) in [6, 6.07) is 8.50. The molecule has 7 nitrogen and oxygen atoms in total. The van der Waals surface area contributed by atoms with Gasteiger partial charge in [0.15, 0.2) is 0 Å². The number of hydrogen-bond donors (Lipinski definition) is 1. The van der Waals surface area contributed by atoms with E-state index < -0.39 is 0 Å². The van der Waals surface area contributed by atoms with E-state index in [1.54, 1.807) is 43.1 Å². The summed E-state index contributed by atoms with van der Waals surface area (Å²) in [6.07, 6.45) is 0. The van der Waals surface area contributed by atoms with Crippen LogP contribution in [-0.4, -0.2) is 41.8 Å². The van der Waals surface area contributed by atoms with Crippen molar-refractivity contribution in [3.63, 3.8) is 0 Å². The van der Waals surface area contributed by atoms with E-state index in [1.165, 1.54) is 10.7 Å². The average molecular weight is 378 g/mol. The maximum absolute atomic E-state index is 12.9. The van der Waals surface area contributed by atoms with Gasteiger partial charge >= 0.3 is 0 Å². The van der Waals surface area contributed by atoms with Crippen molar-refractivity contribution in [3.05, 3.63) is 56.1 Å². The molecule has 3 aromatic rings. The molecule has 0 atom stereocenters. The van der Waals surface area contributed by atoms with Crippen molar-refractivity contribution in [2.45, 2.75) is 13.1 Å². The smallest absolute Gasteiger partial charge is 0.276 e. The molecule has 0 saturated heterocycles. The minimum atomic E-state index is -0.209. The number of hydrogen-bond acceptors (Lipinski definition) is 4. The summed E-state index contributed by atoms with van der Waals surface area (Å²) in [5.41, 5.74) is 1.38. The molecule has 0 aliphatic heterocycles. The minimum Gasteiger partial charge on any atom is -0.383 e. The van der Waals surface area contributed by atoms with Crippen molar-refractivity contribution in [3.8, 4) is 11.3 Å². The number of ether oxygens (including phenoxy) is 2. The molecule has 1 aromatic carbocycles. The van der Waals surface area contributed by atoms with Crippen LogP contribution in [0.2, 0.25) is 5.02 Å². The molecule has 0 saturated carbocycles. The topological polar surface area (TPSA) is 78.2 Å². The van der Waals surface area contributed by atoms with E-state index in [-0.39, 0.29) is 11.1 Å². The monoisotopic (exact) mass is 377 g/mol. The Balaban J connectivity index is 2.31. The number of pyridine rings is 1. The van der Waals surface area contributed by atoms with Crippen LogP contribution in [0, 0.1) is 0 Å². The number of rotatable bonds is 7. The van der Waals surface area contributed by atoms with Crippen LogP contribution in [0.5, 0.6) is 0 Å². The zero-order valence-electron chi connectivity index (χ0n) is 14.6. The van der Waals surface area contributed by atoms with Crippen LogP contribution < -0.4 is 11.1 Å². The van der Waals surface area contributed by atoms with E-state index in [2.05, 4.69) is 5.10 Å². The van der Waals surface area contributed by atoms with Crippen molar-refractivity contribution < 1.29 is 9.47 Å². The standard InChI is InChI=1S/C18H20ClN3O4/c1-25-9-7-21-15(23)11-14-16(18(24)22(20-14)8-10-26-2)17(21)12-3-5-13(19)6-4-12/h3-6,11,20H,7-10H2,1-2H3. The third-order valence-electron chi connectivity index (χ3n) is 4.18. The van der Waals surface area contributed by atoms with Crippen LogP contribution in [0.3, 0.4) is 0 Å². The highest BCUT2D eigenvalue weighted by molar-refractivity contribution is 6.30. The van der Waals surface area contributed by atoms with Crippen LogP contribution in [0.1, 0.15) is 0 Å². The lowest BCUT2D eigenvalue weighted by Gasteiger charge is -2.13. The summed E-state index contributed by atoms with van der Waals surface area (Å²) in [4.78, 5) is 25.6. The van der Waals surface area contributed by atoms with E-state index in [4.69, 9.17) is 21.1 Å². The van der Waals surface area contributed by atoms with E-state index in [0.717, 1.165) is 5.56 Å². The quantitative estimate of drug-likeness (QED) is 0.684. The number of methoxy groups -OCH3 is 2. The van der Waals surface area contributed by atoms with Crippen LogP contribution in [0.25, 0.3) is 22.2 Å². The highest BCUT2D eigenvalue weighted by atomic mass is 35.5. The molecule has 8 heteroatoms. The molecule has 26 heavy (non-hydrogen) atoms. The van der Waals surface area contributed by atoms with Crippen LogP contribution in [0.15, 0.2) is 39.9 Å². The maximum Gasteiger partial charge on any atom is 0.276 e. The maximum atomic E-state index is 12.9. The Hall–Kier alpha value is -2.35. The summed E-state index contributed by atoms with van der Waals surface area (Å²) in [7, 11) is 3.14. The van der Waals surface area contributed by atoms with Crippen molar-refractivity contribution in [1.82, 2.24) is 14.3 Å². The highest BCUT2D eigenvalue weighted by Gasteiger charge is 2.18. The molecule has 0 spiro atoms. The summed E-state index contributed by atoms with van der Waals surface area (Å²) in [5.74, 6) is 0. The SMILES string of the molecule is COCCn1[nH]c2cc(=O)n(CCOC)c(-c3ccc(Cl)cc3)c2c1=O. The predicted octanol–water partition coefficient (Wildman–Crippen LogP) is 2.10. The second-order valence-corrected chi connectivity index (χ2v) is 6.27. The van der Waals surface area contributed by atoms with Gasteiger partial charge in [-0.3, -0.25) is 14.7 Å². The van der Waals surface area contributed by atoms with Crippen molar-refractivity contribution in [2.75, 3.05) is 27.4 Å². The first-order valence-corrected chi connectivity index (χ1v) is 8.54. The zero-order valence-corrected chi connectivity index (χ0v) is 15.4. The summed E-state index contributed by atoms with van der Waals surface area (Å²) in [6.45, 7) is 1.45. The fourth-order valence-electron chi connectivity index (χ4n) is 2.93. The first-order chi connectivity index (χ1) is 12.6. The molecule has 1 N–H and O–H groups in total. The number of fused-ring (bicyclic) bond motifs is 1. The third kappa shape index (κ3) is 3.46. The summed E-state index contributed by atoms with van der Waals surface area (Å²) >= 11 is 5.99. The first kappa shape index (κ1) is 18.4. The van der Waals surface area contributed by atoms with Crippen molar-refractivity contribution in [1.29, 1.82) is 0 Å². The number of aromatic nitrogens is 3. The number of benzene rings is 1. The van der Waals surface area contributed by atoms with Gasteiger partial charge in [0.2, 0.25) is 0 Å². The van der Waals surface area contributed by atoms with Gasteiger partial charge in [0.05, 0.1) is 36.4 Å². The van der Waals surface area contributed by atoms with Crippen molar-refractivity contribution >= 4 is 22.5 Å². The molecule has 0 bridgehead atoms. The van der Waals surface area contributed by atoms with Gasteiger partial charge in [-0.2, -0.15) is 0 Å². The molecule has 0 amide bonds. The number of aromatic amines is 1. The third-order valence-corrected chi connectivity index (χ3v) is 4.43. The number of H-pyrrole nitrogens is 1. The highest BCUT2D eigenvalue weighted by Crippen LogP contribution is 2.26. The normalized spacial score (nSPS) is 11.3. The molecule has 138 valence electrons. The Kier molecular flexibility index (Phi) is 5.61. The Morgan fingerprint density at radius 3 is 2.35 bits per heavy atom. The Morgan fingerprint density at radius 2 is 1.69 bits per heavy atom. The molecule has 0 aliphatic carbocycles. The van der Waals surface area contributed by atoms with Gasteiger partial charge in [-0.25, -0.2) is 4.68 Å². The van der Waals surface area contributed by atoms with Crippen LogP contribution >= 0.6 is 11.6 Å². The number of nitrogens with one attached hydrogen (secondary N) is 1. The van der Waals surface area contributed by atoms with Gasteiger partial charge < -0.3 is 14.0 Å². The Bertz CT molecular complexity index is 1020. The van der Waals surface area contributed by atoms with E-state index >= 15 is 0 Å². The van der Waals surface area contributed by atoms with Gasteiger partial charge in [0, 0.05) is 31.9 Å². The van der Waals surface area contributed by atoms with Crippen LogP contribution in [-0.2, 0) is 22.6 Å². The fourth-order valence-corrected chi connectivity index (χ4v) is 3.06. The second kappa shape index (κ2) is 7.90. The van der Waals surface area contributed by atoms with Gasteiger partial charge in [-0.15, -0.1) is 0 Å². The van der Waals surface area contributed by atoms with Gasteiger partial charge in [-0.1, -0.05) is 23.7 Å². The largest absolute Gasteiger partial charge is 0.383 e. The lowest BCUT2D eigenvalue weighted by Crippen LogP contribution is -2.25. The van der Waals surface area contributed by atoms with E-state index in [9.17, 15) is 9.59 Å². The fraction of sp³-hybridized carbons (Fsp3) is 0.333. The molecule has 0 fully saturated rings. The molecule has 0 aliphatic rings. The average Bonchev–Trinajstić information content (AvgIpc) is 2.94. The molecule has 2 heterocycles. The number of halogens is 1. The van der Waals surface area contributed by atoms with E-state index in [1.807, 2.05) is 0 Å². The van der Waals surface area contributed by atoms with Gasteiger partial charge in [0.1, 0.15) is 0 Å². The summed E-state index contributed by atoms with van der Waals surface area (Å²) < 4.78 is 13.2. The minimum absolute atomic E-state index is 0.201. The molecular weight excluding hydrogens is 358 g/mol. The van der Waals surface area contributed by atoms with Crippen LogP contribution in [0.4, 0.5) is 0 Å². The lowest BCUT2D eigenvalue weighted by atomic mass is 10.1. The Labute approximate surface area is 154 Å². The van der Waals surface area contributed by atoms with Crippen molar-refractivity contribution in [2.24, 2.45) is 0 Å². The number of nitrogens with zero attached hydrogens (tertiary/aromatic N) is 2. The molecule has 0 unspecified atom stereocenters. The zero-order chi connectivity index (χ0) is 18.7. The molecule has 0 radical (unpaired) electrons. The Morgan fingerprint density at radius 1 is 1.04 bits per heavy atom. The lowest BCUT2D eigenvalue weighted by molar-refractivity contribution is 0.183. The van der Waals surface area contributed by atoms with Gasteiger partial charge in [-0.05, 0) is 17.7 Å². The molecule has 2 aromatic heterocycles. The molecule has 3 rings (SSSR count). The second-order valence-electron chi connectivity index (χ2n) is 5.83. The predicted molar refractivity (Wildman–Crippen MR) is 101 cm³/mol. The van der Waals surface area contributed by atoms with E-state index in [0.29, 0.717) is 47.9 Å². The molecular formula is C18H20ClN3O4. The summed E-state index contributed by atoms with van der Waals surface area (Å²) in [5, 5.41) is 4.04. The van der Waals surface area contributed by atoms with Gasteiger partial charge in [0.25, 0.3) is 11.1 Å².